The van der Waals surface area contributed by atoms with Crippen molar-refractivity contribution in [3.05, 3.63) is 65.7 Å². The van der Waals surface area contributed by atoms with Gasteiger partial charge in [-0.1, -0.05) is 44.2 Å². The molecule has 1 aliphatic heterocycles. The van der Waals surface area contributed by atoms with Crippen molar-refractivity contribution in [1.82, 2.24) is 5.32 Å². The van der Waals surface area contributed by atoms with Gasteiger partial charge in [-0.2, -0.15) is 0 Å². The Kier molecular flexibility index (Phi) is 5.71. The average molecular weight is 338 g/mol. The molecule has 1 atom stereocenters. The van der Waals surface area contributed by atoms with Gasteiger partial charge in [0.15, 0.2) is 0 Å². The lowest BCUT2D eigenvalue weighted by Gasteiger charge is -2.29. The Hall–Kier alpha value is -2.33. The highest BCUT2D eigenvalue weighted by Crippen LogP contribution is 2.22. The fraction of sp³-hybridized carbons (Fsp3) is 0.381. The van der Waals surface area contributed by atoms with Crippen LogP contribution in [0.15, 0.2) is 54.6 Å². The second-order valence-corrected chi connectivity index (χ2v) is 6.75. The molecule has 4 heteroatoms. The van der Waals surface area contributed by atoms with E-state index >= 15 is 0 Å². The topological polar surface area (TPSA) is 41.6 Å². The molecular formula is C21H26N2O2. The fourth-order valence-electron chi connectivity index (χ4n) is 3.17. The molecule has 1 saturated heterocycles. The molecule has 25 heavy (non-hydrogen) atoms. The van der Waals surface area contributed by atoms with E-state index in [4.69, 9.17) is 4.74 Å². The van der Waals surface area contributed by atoms with Gasteiger partial charge in [-0.3, -0.25) is 4.79 Å². The molecule has 0 aromatic heterocycles. The van der Waals surface area contributed by atoms with Crippen molar-refractivity contribution in [2.75, 3.05) is 31.2 Å². The maximum Gasteiger partial charge on any atom is 0.251 e. The molecule has 132 valence electrons. The van der Waals surface area contributed by atoms with Crippen molar-refractivity contribution >= 4 is 11.6 Å². The molecule has 2 aromatic rings. The highest BCUT2D eigenvalue weighted by Gasteiger charge is 2.19. The van der Waals surface area contributed by atoms with E-state index in [1.165, 1.54) is 0 Å². The van der Waals surface area contributed by atoms with E-state index in [1.807, 2.05) is 42.5 Å². The fourth-order valence-corrected chi connectivity index (χ4v) is 3.17. The van der Waals surface area contributed by atoms with Crippen LogP contribution in [0.1, 0.15) is 35.8 Å². The highest BCUT2D eigenvalue weighted by atomic mass is 16.5. The van der Waals surface area contributed by atoms with Gasteiger partial charge in [0.2, 0.25) is 0 Å². The first-order valence-corrected chi connectivity index (χ1v) is 8.93. The smallest absolute Gasteiger partial charge is 0.251 e. The summed E-state index contributed by atoms with van der Waals surface area (Å²) in [6.07, 6.45) is 0. The number of carbonyl (C=O) groups is 1. The average Bonchev–Trinajstić information content (AvgIpc) is 2.67. The van der Waals surface area contributed by atoms with Gasteiger partial charge >= 0.3 is 0 Å². The van der Waals surface area contributed by atoms with E-state index in [0.717, 1.165) is 37.6 Å². The van der Waals surface area contributed by atoms with Crippen LogP contribution >= 0.6 is 0 Å². The van der Waals surface area contributed by atoms with E-state index in [-0.39, 0.29) is 11.9 Å². The second kappa shape index (κ2) is 8.17. The third kappa shape index (κ3) is 4.40. The predicted molar refractivity (Wildman–Crippen MR) is 101 cm³/mol. The lowest BCUT2D eigenvalue weighted by molar-refractivity contribution is 0.0925. The molecule has 3 rings (SSSR count). The number of ether oxygens (including phenoxy) is 1. The SMILES string of the molecule is CC(C)C(NC(=O)c1ccc(N2CCOCC2)cc1)c1ccccc1. The summed E-state index contributed by atoms with van der Waals surface area (Å²) in [6.45, 7) is 7.56. The minimum atomic E-state index is -0.0314. The van der Waals surface area contributed by atoms with Crippen molar-refractivity contribution in [2.45, 2.75) is 19.9 Å². The number of hydrogen-bond acceptors (Lipinski definition) is 3. The third-order valence-corrected chi connectivity index (χ3v) is 4.62. The zero-order valence-electron chi connectivity index (χ0n) is 14.9. The molecule has 0 saturated carbocycles. The summed E-state index contributed by atoms with van der Waals surface area (Å²) in [6, 6.07) is 18.0. The number of anilines is 1. The number of carbonyl (C=O) groups excluding carboxylic acids is 1. The van der Waals surface area contributed by atoms with Gasteiger partial charge in [-0.15, -0.1) is 0 Å². The maximum absolute atomic E-state index is 12.7. The molecule has 1 fully saturated rings. The summed E-state index contributed by atoms with van der Waals surface area (Å²) in [4.78, 5) is 15.0. The van der Waals surface area contributed by atoms with Gasteiger partial charge in [0.05, 0.1) is 19.3 Å². The van der Waals surface area contributed by atoms with E-state index in [9.17, 15) is 4.79 Å². The molecule has 1 amide bonds. The van der Waals surface area contributed by atoms with E-state index in [0.29, 0.717) is 11.5 Å². The number of benzene rings is 2. The molecule has 0 radical (unpaired) electrons. The van der Waals surface area contributed by atoms with Crippen LogP contribution in [0, 0.1) is 5.92 Å². The van der Waals surface area contributed by atoms with Gasteiger partial charge in [0.1, 0.15) is 0 Å². The van der Waals surface area contributed by atoms with Crippen LogP contribution in [0.2, 0.25) is 0 Å². The number of morpholine rings is 1. The zero-order chi connectivity index (χ0) is 17.6. The zero-order valence-corrected chi connectivity index (χ0v) is 14.9. The van der Waals surface area contributed by atoms with Gasteiger partial charge in [0, 0.05) is 24.3 Å². The largest absolute Gasteiger partial charge is 0.378 e. The monoisotopic (exact) mass is 338 g/mol. The Bertz CT molecular complexity index is 677. The number of nitrogens with zero attached hydrogens (tertiary/aromatic N) is 1. The molecule has 1 N–H and O–H groups in total. The molecule has 4 nitrogen and oxygen atoms in total. The molecule has 0 aliphatic carbocycles. The summed E-state index contributed by atoms with van der Waals surface area (Å²) >= 11 is 0. The van der Waals surface area contributed by atoms with Gasteiger partial charge in [-0.25, -0.2) is 0 Å². The van der Waals surface area contributed by atoms with Crippen molar-refractivity contribution in [2.24, 2.45) is 5.92 Å². The minimum absolute atomic E-state index is 0.00706. The summed E-state index contributed by atoms with van der Waals surface area (Å²) in [7, 11) is 0. The van der Waals surface area contributed by atoms with E-state index < -0.39 is 0 Å². The van der Waals surface area contributed by atoms with Gasteiger partial charge < -0.3 is 15.0 Å². The van der Waals surface area contributed by atoms with Crippen LogP contribution in [0.5, 0.6) is 0 Å². The summed E-state index contributed by atoms with van der Waals surface area (Å²) in [5.74, 6) is 0.287. The molecule has 1 heterocycles. The van der Waals surface area contributed by atoms with Crippen LogP contribution in [0.3, 0.4) is 0 Å². The third-order valence-electron chi connectivity index (χ3n) is 4.62. The van der Waals surface area contributed by atoms with E-state index in [2.05, 4.69) is 36.2 Å². The molecule has 2 aromatic carbocycles. The molecule has 0 spiro atoms. The molecule has 1 aliphatic rings. The van der Waals surface area contributed by atoms with Gasteiger partial charge in [0.25, 0.3) is 5.91 Å². The Morgan fingerprint density at radius 2 is 1.64 bits per heavy atom. The normalized spacial score (nSPS) is 15.9. The number of amides is 1. The molecular weight excluding hydrogens is 312 g/mol. The first kappa shape index (κ1) is 17.5. The van der Waals surface area contributed by atoms with E-state index in [1.54, 1.807) is 0 Å². The number of hydrogen-bond donors (Lipinski definition) is 1. The predicted octanol–water partition coefficient (Wildman–Crippen LogP) is 3.65. The van der Waals surface area contributed by atoms with Crippen molar-refractivity contribution in [3.8, 4) is 0 Å². The van der Waals surface area contributed by atoms with Crippen LogP contribution in [-0.2, 0) is 4.74 Å². The molecule has 0 bridgehead atoms. The van der Waals surface area contributed by atoms with Crippen LogP contribution in [-0.4, -0.2) is 32.2 Å². The Labute approximate surface area is 149 Å². The van der Waals surface area contributed by atoms with Crippen molar-refractivity contribution in [3.63, 3.8) is 0 Å². The van der Waals surface area contributed by atoms with Crippen LogP contribution < -0.4 is 10.2 Å². The number of nitrogens with one attached hydrogen (secondary N) is 1. The maximum atomic E-state index is 12.7. The van der Waals surface area contributed by atoms with Crippen LogP contribution in [0.25, 0.3) is 0 Å². The Morgan fingerprint density at radius 3 is 2.24 bits per heavy atom. The molecule has 1 unspecified atom stereocenters. The second-order valence-electron chi connectivity index (χ2n) is 6.75. The highest BCUT2D eigenvalue weighted by molar-refractivity contribution is 5.94. The Morgan fingerprint density at radius 1 is 1.00 bits per heavy atom. The number of rotatable bonds is 5. The standard InChI is InChI=1S/C21H26N2O2/c1-16(2)20(17-6-4-3-5-7-17)22-21(24)18-8-10-19(11-9-18)23-12-14-25-15-13-23/h3-11,16,20H,12-15H2,1-2H3,(H,22,24). The summed E-state index contributed by atoms with van der Waals surface area (Å²) in [5, 5.41) is 3.18. The van der Waals surface area contributed by atoms with Crippen LogP contribution in [0.4, 0.5) is 5.69 Å². The lowest BCUT2D eigenvalue weighted by atomic mass is 9.95. The summed E-state index contributed by atoms with van der Waals surface area (Å²) in [5.41, 5.74) is 2.97. The first-order chi connectivity index (χ1) is 12.1. The first-order valence-electron chi connectivity index (χ1n) is 8.93. The summed E-state index contributed by atoms with van der Waals surface area (Å²) < 4.78 is 5.39. The minimum Gasteiger partial charge on any atom is -0.378 e. The van der Waals surface area contributed by atoms with Crippen molar-refractivity contribution in [1.29, 1.82) is 0 Å². The lowest BCUT2D eigenvalue weighted by Crippen LogP contribution is -2.36. The van der Waals surface area contributed by atoms with Gasteiger partial charge in [-0.05, 0) is 35.7 Å². The Balaban J connectivity index is 1.69. The van der Waals surface area contributed by atoms with Crippen molar-refractivity contribution < 1.29 is 9.53 Å². The quantitative estimate of drug-likeness (QED) is 0.905.